The molecule has 1 aliphatic rings. The Bertz CT molecular complexity index is 475. The van der Waals surface area contributed by atoms with Crippen molar-refractivity contribution in [2.24, 2.45) is 5.92 Å². The standard InChI is InChI=1S/C17H25ClN2O.ClH/c1-13(15-4-3-5-16(18)12-15)20(2)17(21)7-6-14-8-10-19-11-9-14;/h3-5,12-14,19H,6-11H2,1-2H3;1H. The second-order valence-electron chi connectivity index (χ2n) is 5.97. The number of halogens is 2. The molecule has 1 fully saturated rings. The average molecular weight is 345 g/mol. The van der Waals surface area contributed by atoms with Crippen LogP contribution in [0, 0.1) is 5.92 Å². The molecular formula is C17H26Cl2N2O. The average Bonchev–Trinajstić information content (AvgIpc) is 2.52. The second kappa shape index (κ2) is 9.39. The van der Waals surface area contributed by atoms with E-state index < -0.39 is 0 Å². The number of piperidine rings is 1. The van der Waals surface area contributed by atoms with E-state index in [0.717, 1.165) is 30.1 Å². The molecule has 1 unspecified atom stereocenters. The van der Waals surface area contributed by atoms with Crippen LogP contribution >= 0.6 is 24.0 Å². The first-order valence-electron chi connectivity index (χ1n) is 7.79. The Labute approximate surface area is 144 Å². The third kappa shape index (κ3) is 5.45. The van der Waals surface area contributed by atoms with Crippen molar-refractivity contribution in [1.82, 2.24) is 10.2 Å². The molecule has 2 rings (SSSR count). The van der Waals surface area contributed by atoms with Gasteiger partial charge in [-0.05, 0) is 62.9 Å². The molecule has 0 saturated carbocycles. The van der Waals surface area contributed by atoms with Crippen molar-refractivity contribution in [3.8, 4) is 0 Å². The zero-order chi connectivity index (χ0) is 15.2. The van der Waals surface area contributed by atoms with Gasteiger partial charge in [0.2, 0.25) is 5.91 Å². The van der Waals surface area contributed by atoms with E-state index in [9.17, 15) is 4.79 Å². The molecule has 3 nitrogen and oxygen atoms in total. The number of nitrogens with one attached hydrogen (secondary N) is 1. The number of carbonyl (C=O) groups is 1. The van der Waals surface area contributed by atoms with Gasteiger partial charge in [-0.25, -0.2) is 0 Å². The van der Waals surface area contributed by atoms with Crippen LogP contribution in [0.25, 0.3) is 0 Å². The summed E-state index contributed by atoms with van der Waals surface area (Å²) in [5, 5.41) is 4.08. The molecule has 0 aromatic heterocycles. The first-order valence-corrected chi connectivity index (χ1v) is 8.17. The third-order valence-electron chi connectivity index (χ3n) is 4.53. The van der Waals surface area contributed by atoms with Crippen molar-refractivity contribution < 1.29 is 4.79 Å². The van der Waals surface area contributed by atoms with Gasteiger partial charge < -0.3 is 10.2 Å². The fourth-order valence-electron chi connectivity index (χ4n) is 2.88. The van der Waals surface area contributed by atoms with Crippen molar-refractivity contribution in [3.63, 3.8) is 0 Å². The minimum Gasteiger partial charge on any atom is -0.339 e. The highest BCUT2D eigenvalue weighted by atomic mass is 35.5. The lowest BCUT2D eigenvalue weighted by Crippen LogP contribution is -2.31. The Morgan fingerprint density at radius 1 is 1.41 bits per heavy atom. The molecule has 1 saturated heterocycles. The van der Waals surface area contributed by atoms with E-state index >= 15 is 0 Å². The van der Waals surface area contributed by atoms with E-state index in [0.29, 0.717) is 12.3 Å². The highest BCUT2D eigenvalue weighted by Gasteiger charge is 2.20. The zero-order valence-corrected chi connectivity index (χ0v) is 14.9. The smallest absolute Gasteiger partial charge is 0.222 e. The van der Waals surface area contributed by atoms with E-state index in [1.54, 1.807) is 0 Å². The molecule has 1 N–H and O–H groups in total. The van der Waals surface area contributed by atoms with Gasteiger partial charge in [0.1, 0.15) is 0 Å². The first-order chi connectivity index (χ1) is 10.1. The van der Waals surface area contributed by atoms with Crippen molar-refractivity contribution in [1.29, 1.82) is 0 Å². The zero-order valence-electron chi connectivity index (χ0n) is 13.3. The molecule has 1 heterocycles. The molecule has 0 aliphatic carbocycles. The number of nitrogens with zero attached hydrogens (tertiary/aromatic N) is 1. The number of hydrogen-bond donors (Lipinski definition) is 1. The Morgan fingerprint density at radius 2 is 2.09 bits per heavy atom. The fourth-order valence-corrected chi connectivity index (χ4v) is 3.08. The topological polar surface area (TPSA) is 32.3 Å². The number of amides is 1. The molecule has 0 radical (unpaired) electrons. The molecule has 1 atom stereocenters. The van der Waals surface area contributed by atoms with Gasteiger partial charge in [0.15, 0.2) is 0 Å². The van der Waals surface area contributed by atoms with Gasteiger partial charge in [-0.1, -0.05) is 23.7 Å². The SMILES string of the molecule is CC(c1cccc(Cl)c1)N(C)C(=O)CCC1CCNCC1.Cl. The van der Waals surface area contributed by atoms with Crippen LogP contribution in [0.1, 0.15) is 44.2 Å². The summed E-state index contributed by atoms with van der Waals surface area (Å²) in [4.78, 5) is 14.2. The lowest BCUT2D eigenvalue weighted by atomic mass is 9.93. The van der Waals surface area contributed by atoms with Gasteiger partial charge in [0, 0.05) is 18.5 Å². The third-order valence-corrected chi connectivity index (χ3v) is 4.77. The minimum atomic E-state index is 0. The molecular weight excluding hydrogens is 319 g/mol. The summed E-state index contributed by atoms with van der Waals surface area (Å²) < 4.78 is 0. The van der Waals surface area contributed by atoms with Gasteiger partial charge in [-0.15, -0.1) is 12.4 Å². The molecule has 5 heteroatoms. The van der Waals surface area contributed by atoms with Crippen LogP contribution in [0.2, 0.25) is 5.02 Å². The highest BCUT2D eigenvalue weighted by Crippen LogP contribution is 2.24. The van der Waals surface area contributed by atoms with Crippen molar-refractivity contribution in [2.75, 3.05) is 20.1 Å². The van der Waals surface area contributed by atoms with E-state index in [-0.39, 0.29) is 24.4 Å². The maximum atomic E-state index is 12.4. The summed E-state index contributed by atoms with van der Waals surface area (Å²) >= 11 is 6.03. The predicted molar refractivity (Wildman–Crippen MR) is 94.7 cm³/mol. The van der Waals surface area contributed by atoms with Gasteiger partial charge >= 0.3 is 0 Å². The summed E-state index contributed by atoms with van der Waals surface area (Å²) in [6.45, 7) is 4.23. The van der Waals surface area contributed by atoms with Crippen LogP contribution in [-0.4, -0.2) is 30.9 Å². The number of benzene rings is 1. The molecule has 0 spiro atoms. The molecule has 0 bridgehead atoms. The summed E-state index contributed by atoms with van der Waals surface area (Å²) in [6, 6.07) is 7.80. The maximum Gasteiger partial charge on any atom is 0.222 e. The first kappa shape index (κ1) is 19.3. The van der Waals surface area contributed by atoms with Crippen molar-refractivity contribution in [3.05, 3.63) is 34.9 Å². The van der Waals surface area contributed by atoms with Gasteiger partial charge in [0.25, 0.3) is 0 Å². The molecule has 22 heavy (non-hydrogen) atoms. The highest BCUT2D eigenvalue weighted by molar-refractivity contribution is 6.30. The van der Waals surface area contributed by atoms with Gasteiger partial charge in [-0.2, -0.15) is 0 Å². The van der Waals surface area contributed by atoms with Crippen LogP contribution in [0.5, 0.6) is 0 Å². The van der Waals surface area contributed by atoms with Gasteiger partial charge in [0.05, 0.1) is 6.04 Å². The van der Waals surface area contributed by atoms with Gasteiger partial charge in [-0.3, -0.25) is 4.79 Å². The fraction of sp³-hybridized carbons (Fsp3) is 0.588. The molecule has 1 aromatic rings. The van der Waals surface area contributed by atoms with Crippen LogP contribution in [0.4, 0.5) is 0 Å². The lowest BCUT2D eigenvalue weighted by molar-refractivity contribution is -0.132. The Morgan fingerprint density at radius 3 is 2.73 bits per heavy atom. The lowest BCUT2D eigenvalue weighted by Gasteiger charge is -2.27. The summed E-state index contributed by atoms with van der Waals surface area (Å²) in [6.07, 6.45) is 4.04. The Kier molecular flexibility index (Phi) is 8.23. The number of carbonyl (C=O) groups excluding carboxylic acids is 1. The molecule has 124 valence electrons. The van der Waals surface area contributed by atoms with Crippen LogP contribution < -0.4 is 5.32 Å². The van der Waals surface area contributed by atoms with E-state index in [1.807, 2.05) is 43.1 Å². The molecule has 1 amide bonds. The molecule has 1 aromatic carbocycles. The normalized spacial score (nSPS) is 16.7. The molecule has 1 aliphatic heterocycles. The van der Waals surface area contributed by atoms with Crippen LogP contribution in [0.15, 0.2) is 24.3 Å². The number of hydrogen-bond acceptors (Lipinski definition) is 2. The van der Waals surface area contributed by atoms with E-state index in [1.165, 1.54) is 12.8 Å². The second-order valence-corrected chi connectivity index (χ2v) is 6.40. The summed E-state index contributed by atoms with van der Waals surface area (Å²) in [5.74, 6) is 0.922. The Hall–Kier alpha value is -0.770. The predicted octanol–water partition coefficient (Wildman–Crippen LogP) is 4.06. The summed E-state index contributed by atoms with van der Waals surface area (Å²) in [7, 11) is 1.89. The Balaban J connectivity index is 0.00000242. The largest absolute Gasteiger partial charge is 0.339 e. The van der Waals surface area contributed by atoms with Crippen LogP contribution in [0.3, 0.4) is 0 Å². The maximum absolute atomic E-state index is 12.4. The quantitative estimate of drug-likeness (QED) is 0.873. The van der Waals surface area contributed by atoms with Crippen LogP contribution in [-0.2, 0) is 4.79 Å². The van der Waals surface area contributed by atoms with Crippen molar-refractivity contribution >= 4 is 29.9 Å². The van der Waals surface area contributed by atoms with E-state index in [4.69, 9.17) is 11.6 Å². The number of rotatable bonds is 5. The van der Waals surface area contributed by atoms with E-state index in [2.05, 4.69) is 5.32 Å². The minimum absolute atomic E-state index is 0. The van der Waals surface area contributed by atoms with Crippen molar-refractivity contribution in [2.45, 2.75) is 38.6 Å². The monoisotopic (exact) mass is 344 g/mol. The summed E-state index contributed by atoms with van der Waals surface area (Å²) in [5.41, 5.74) is 1.08.